The summed E-state index contributed by atoms with van der Waals surface area (Å²) < 4.78 is 13.5. The lowest BCUT2D eigenvalue weighted by atomic mass is 10.1. The molecule has 2 aromatic rings. The van der Waals surface area contributed by atoms with E-state index in [4.69, 9.17) is 0 Å². The van der Waals surface area contributed by atoms with Gasteiger partial charge in [-0.05, 0) is 40.0 Å². The van der Waals surface area contributed by atoms with Crippen molar-refractivity contribution < 1.29 is 4.39 Å². The fraction of sp³-hybridized carbons (Fsp3) is 0.176. The van der Waals surface area contributed by atoms with Crippen molar-refractivity contribution >= 4 is 13.6 Å². The average Bonchev–Trinajstić information content (AvgIpc) is 2.62. The normalized spacial score (nSPS) is 15.5. The second-order valence-electron chi connectivity index (χ2n) is 6.16. The van der Waals surface area contributed by atoms with Crippen LogP contribution in [0.2, 0.25) is 19.6 Å². The summed E-state index contributed by atoms with van der Waals surface area (Å²) in [7, 11) is -1.33. The highest BCUT2D eigenvalue weighted by molar-refractivity contribution is 6.82. The summed E-state index contributed by atoms with van der Waals surface area (Å²) >= 11 is 0. The molecule has 0 fully saturated rings. The number of benzene rings is 2. The number of hydrogen-bond acceptors (Lipinski definition) is 0. The van der Waals surface area contributed by atoms with Gasteiger partial charge < -0.3 is 0 Å². The second-order valence-corrected chi connectivity index (χ2v) is 11.2. The first-order valence-electron chi connectivity index (χ1n) is 6.58. The first-order valence-corrected chi connectivity index (χ1v) is 10.2. The average molecular weight is 268 g/mol. The predicted octanol–water partition coefficient (Wildman–Crippen LogP) is 5.12. The topological polar surface area (TPSA) is 0 Å². The molecule has 0 heterocycles. The van der Waals surface area contributed by atoms with E-state index < -0.39 is 8.07 Å². The van der Waals surface area contributed by atoms with Crippen molar-refractivity contribution in [1.82, 2.24) is 0 Å². The van der Waals surface area contributed by atoms with Crippen LogP contribution in [-0.4, -0.2) is 8.07 Å². The summed E-state index contributed by atoms with van der Waals surface area (Å²) in [5.74, 6) is -0.164. The van der Waals surface area contributed by atoms with Crippen LogP contribution in [-0.2, 0) is 0 Å². The minimum atomic E-state index is -1.33. The highest BCUT2D eigenvalue weighted by atomic mass is 28.3. The molecule has 0 saturated heterocycles. The van der Waals surface area contributed by atoms with Gasteiger partial charge in [-0.2, -0.15) is 0 Å². The lowest BCUT2D eigenvalue weighted by molar-refractivity contribution is 0.628. The molecule has 0 bridgehead atoms. The van der Waals surface area contributed by atoms with Crippen LogP contribution >= 0.6 is 0 Å². The van der Waals surface area contributed by atoms with Gasteiger partial charge in [-0.25, -0.2) is 4.39 Å². The van der Waals surface area contributed by atoms with Crippen LogP contribution in [0.5, 0.6) is 0 Å². The van der Waals surface area contributed by atoms with Crippen molar-refractivity contribution in [3.63, 3.8) is 0 Å². The fourth-order valence-corrected chi connectivity index (χ4v) is 3.84. The van der Waals surface area contributed by atoms with E-state index in [1.165, 1.54) is 16.7 Å². The molecule has 2 aromatic carbocycles. The molecule has 0 radical (unpaired) electrons. The Kier molecular flexibility index (Phi) is 2.71. The third-order valence-corrected chi connectivity index (χ3v) is 4.51. The summed E-state index contributed by atoms with van der Waals surface area (Å²) in [6, 6.07) is 13.4. The van der Waals surface area contributed by atoms with Crippen LogP contribution in [0.4, 0.5) is 4.39 Å². The molecule has 3 rings (SSSR count). The maximum atomic E-state index is 13.5. The Morgan fingerprint density at radius 1 is 0.842 bits per heavy atom. The summed E-state index contributed by atoms with van der Waals surface area (Å²) in [5, 5.41) is 0. The van der Waals surface area contributed by atoms with E-state index in [9.17, 15) is 4.39 Å². The molecule has 0 aromatic heterocycles. The molecule has 0 N–H and O–H groups in total. The largest absolute Gasteiger partial charge is 0.207 e. The van der Waals surface area contributed by atoms with Crippen molar-refractivity contribution in [1.29, 1.82) is 0 Å². The monoisotopic (exact) mass is 268 g/mol. The van der Waals surface area contributed by atoms with Gasteiger partial charge in [0.1, 0.15) is 5.82 Å². The third kappa shape index (κ3) is 2.17. The molecule has 0 spiro atoms. The van der Waals surface area contributed by atoms with E-state index in [1.54, 1.807) is 12.1 Å². The van der Waals surface area contributed by atoms with Gasteiger partial charge in [0.05, 0.1) is 8.07 Å². The zero-order valence-corrected chi connectivity index (χ0v) is 12.5. The molecule has 19 heavy (non-hydrogen) atoms. The Bertz CT molecular complexity index is 678. The quantitative estimate of drug-likeness (QED) is 0.538. The smallest absolute Gasteiger partial charge is 0.123 e. The van der Waals surface area contributed by atoms with E-state index in [0.717, 1.165) is 11.1 Å². The van der Waals surface area contributed by atoms with Gasteiger partial charge in [-0.3, -0.25) is 0 Å². The van der Waals surface area contributed by atoms with Crippen LogP contribution < -0.4 is 0 Å². The van der Waals surface area contributed by atoms with E-state index >= 15 is 0 Å². The first-order chi connectivity index (χ1) is 8.96. The molecule has 0 unspecified atom stereocenters. The zero-order chi connectivity index (χ0) is 13.6. The Morgan fingerprint density at radius 3 is 2.16 bits per heavy atom. The minimum Gasteiger partial charge on any atom is -0.207 e. The summed E-state index contributed by atoms with van der Waals surface area (Å²) in [6.07, 6.45) is 0. The lowest BCUT2D eigenvalue weighted by Crippen LogP contribution is -2.16. The van der Waals surface area contributed by atoms with Gasteiger partial charge in [-0.15, -0.1) is 0 Å². The van der Waals surface area contributed by atoms with Crippen LogP contribution in [0.15, 0.2) is 48.2 Å². The van der Waals surface area contributed by atoms with E-state index in [2.05, 4.69) is 43.5 Å². The first kappa shape index (κ1) is 12.4. The van der Waals surface area contributed by atoms with Gasteiger partial charge in [0.25, 0.3) is 0 Å². The number of hydrogen-bond donors (Lipinski definition) is 0. The Morgan fingerprint density at radius 2 is 1.47 bits per heavy atom. The summed E-state index contributed by atoms with van der Waals surface area (Å²) in [6.45, 7) is 6.97. The molecular weight excluding hydrogens is 251 g/mol. The highest BCUT2D eigenvalue weighted by Gasteiger charge is 2.25. The highest BCUT2D eigenvalue weighted by Crippen LogP contribution is 2.44. The van der Waals surface area contributed by atoms with Crippen molar-refractivity contribution in [2.45, 2.75) is 19.6 Å². The van der Waals surface area contributed by atoms with Gasteiger partial charge in [0.2, 0.25) is 0 Å². The van der Waals surface area contributed by atoms with E-state index in [0.29, 0.717) is 0 Å². The van der Waals surface area contributed by atoms with Crippen molar-refractivity contribution in [3.05, 3.63) is 65.1 Å². The van der Waals surface area contributed by atoms with Crippen molar-refractivity contribution in [2.24, 2.45) is 0 Å². The molecule has 0 atom stereocenters. The van der Waals surface area contributed by atoms with Crippen molar-refractivity contribution in [3.8, 4) is 11.1 Å². The maximum absolute atomic E-state index is 13.5. The minimum absolute atomic E-state index is 0.164. The Balaban J connectivity index is 2.32. The van der Waals surface area contributed by atoms with Crippen LogP contribution in [0.3, 0.4) is 0 Å². The molecular formula is C17H17FSi. The molecule has 2 heteroatoms. The molecule has 0 amide bonds. The van der Waals surface area contributed by atoms with E-state index in [1.807, 2.05) is 12.1 Å². The summed E-state index contributed by atoms with van der Waals surface area (Å²) in [4.78, 5) is 0. The predicted molar refractivity (Wildman–Crippen MR) is 82.3 cm³/mol. The fourth-order valence-electron chi connectivity index (χ4n) is 2.66. The molecule has 1 aliphatic carbocycles. The summed E-state index contributed by atoms with van der Waals surface area (Å²) in [5.41, 5.74) is 8.29. The van der Waals surface area contributed by atoms with Crippen LogP contribution in [0.25, 0.3) is 16.7 Å². The molecule has 96 valence electrons. The van der Waals surface area contributed by atoms with E-state index in [-0.39, 0.29) is 5.82 Å². The van der Waals surface area contributed by atoms with Crippen LogP contribution in [0, 0.1) is 5.82 Å². The van der Waals surface area contributed by atoms with Gasteiger partial charge >= 0.3 is 0 Å². The molecule has 1 aliphatic rings. The van der Waals surface area contributed by atoms with Crippen LogP contribution in [0.1, 0.15) is 11.1 Å². The molecule has 0 nitrogen and oxygen atoms in total. The van der Waals surface area contributed by atoms with Gasteiger partial charge in [-0.1, -0.05) is 55.7 Å². The number of rotatable bonds is 1. The molecule has 0 aliphatic heterocycles. The number of fused-ring (bicyclic) bond motifs is 3. The maximum Gasteiger partial charge on any atom is 0.123 e. The standard InChI is InChI=1S/C17H17FSi/c1-19(2,3)11-17-14-7-5-4-6-13(14)16-10-12(18)8-9-15(16)17/h4-11H,1-3H3/b17-11+. The van der Waals surface area contributed by atoms with Crippen molar-refractivity contribution in [2.75, 3.05) is 0 Å². The Labute approximate surface area is 114 Å². The third-order valence-electron chi connectivity index (χ3n) is 3.36. The Hall–Kier alpha value is -1.67. The lowest BCUT2D eigenvalue weighted by Gasteiger charge is -2.13. The van der Waals surface area contributed by atoms with Gasteiger partial charge in [0, 0.05) is 0 Å². The SMILES string of the molecule is C[Si](C)(C)/C=C1\c2ccccc2-c2cc(F)ccc21. The number of halogens is 1. The molecule has 0 saturated carbocycles. The zero-order valence-electron chi connectivity index (χ0n) is 11.5. The van der Waals surface area contributed by atoms with Gasteiger partial charge in [0.15, 0.2) is 0 Å². The second kappa shape index (κ2) is 4.17.